The summed E-state index contributed by atoms with van der Waals surface area (Å²) in [5, 5.41) is 2.84. The van der Waals surface area contributed by atoms with E-state index in [1.807, 2.05) is 0 Å². The van der Waals surface area contributed by atoms with Crippen LogP contribution < -0.4 is 30.4 Å². The molecule has 0 radical (unpaired) electrons. The van der Waals surface area contributed by atoms with Crippen LogP contribution in [-0.2, 0) is 0 Å². The van der Waals surface area contributed by atoms with E-state index in [4.69, 9.17) is 14.2 Å². The fraction of sp³-hybridized carbons (Fsp3) is 0.167. The maximum Gasteiger partial charge on any atom is 0.272 e. The Kier molecular flexibility index (Phi) is 2.22. The van der Waals surface area contributed by atoms with Crippen molar-refractivity contribution in [3.63, 3.8) is 0 Å². The quantitative estimate of drug-likeness (QED) is 0.807. The summed E-state index contributed by atoms with van der Waals surface area (Å²) in [5.74, 6) is 1.15. The first-order valence-electron chi connectivity index (χ1n) is 5.25. The van der Waals surface area contributed by atoms with Gasteiger partial charge < -0.3 is 19.5 Å². The topological polar surface area (TPSA) is 73.9 Å². The Morgan fingerprint density at radius 3 is 2.83 bits per heavy atom. The maximum absolute atomic E-state index is 11.4. The van der Waals surface area contributed by atoms with Crippen molar-refractivity contribution in [2.24, 2.45) is 0 Å². The van der Waals surface area contributed by atoms with Gasteiger partial charge in [0, 0.05) is 0 Å². The van der Waals surface area contributed by atoms with Crippen molar-refractivity contribution in [1.82, 2.24) is 0 Å². The molecule has 3 rings (SSSR count). The number of methoxy groups -OCH3 is 1. The minimum absolute atomic E-state index is 0.0384. The van der Waals surface area contributed by atoms with Crippen LogP contribution in [0.15, 0.2) is 27.8 Å². The van der Waals surface area contributed by atoms with Gasteiger partial charge in [0.1, 0.15) is 5.69 Å². The van der Waals surface area contributed by atoms with Gasteiger partial charge >= 0.3 is 0 Å². The van der Waals surface area contributed by atoms with Gasteiger partial charge in [-0.1, -0.05) is 6.07 Å². The minimum atomic E-state index is -0.621. The average molecular weight is 247 g/mol. The highest BCUT2D eigenvalue weighted by atomic mass is 16.7. The van der Waals surface area contributed by atoms with Crippen LogP contribution in [0, 0.1) is 0 Å². The zero-order chi connectivity index (χ0) is 12.7. The van der Waals surface area contributed by atoms with Crippen LogP contribution in [0.4, 0.5) is 11.4 Å². The van der Waals surface area contributed by atoms with Crippen LogP contribution in [0.2, 0.25) is 0 Å². The molecular weight excluding hydrogens is 238 g/mol. The number of para-hydroxylation sites is 1. The third-order valence-electron chi connectivity index (χ3n) is 2.73. The fourth-order valence-electron chi connectivity index (χ4n) is 1.84. The smallest absolute Gasteiger partial charge is 0.272 e. The lowest BCUT2D eigenvalue weighted by Crippen LogP contribution is -2.34. The Labute approximate surface area is 101 Å². The molecule has 1 aliphatic heterocycles. The molecule has 1 aliphatic rings. The molecule has 92 valence electrons. The fourth-order valence-corrected chi connectivity index (χ4v) is 1.84. The van der Waals surface area contributed by atoms with Gasteiger partial charge in [0.05, 0.1) is 12.8 Å². The van der Waals surface area contributed by atoms with Crippen LogP contribution in [0.25, 0.3) is 0 Å². The molecule has 0 bridgehead atoms. The van der Waals surface area contributed by atoms with E-state index in [0.717, 1.165) is 0 Å². The van der Waals surface area contributed by atoms with Crippen molar-refractivity contribution in [2.45, 2.75) is 0 Å². The summed E-state index contributed by atoms with van der Waals surface area (Å²) in [6, 6.07) is 5.24. The summed E-state index contributed by atoms with van der Waals surface area (Å²) in [7, 11) is 1.34. The Morgan fingerprint density at radius 2 is 2.06 bits per heavy atom. The molecule has 1 N–H and O–H groups in total. The van der Waals surface area contributed by atoms with Crippen molar-refractivity contribution in [1.29, 1.82) is 0 Å². The molecule has 18 heavy (non-hydrogen) atoms. The average Bonchev–Trinajstić information content (AvgIpc) is 2.87. The Morgan fingerprint density at radius 1 is 1.22 bits per heavy atom. The summed E-state index contributed by atoms with van der Waals surface area (Å²) >= 11 is 0. The van der Waals surface area contributed by atoms with Gasteiger partial charge in [-0.25, -0.2) is 0 Å². The maximum atomic E-state index is 11.4. The number of benzene rings is 1. The normalized spacial score (nSPS) is 12.7. The molecule has 2 aromatic rings. The monoisotopic (exact) mass is 247 g/mol. The predicted molar refractivity (Wildman–Crippen MR) is 63.8 cm³/mol. The third-order valence-corrected chi connectivity index (χ3v) is 2.73. The summed E-state index contributed by atoms with van der Waals surface area (Å²) in [4.78, 5) is 22.6. The Hall–Kier alpha value is -2.50. The largest absolute Gasteiger partial charge is 0.491 e. The van der Waals surface area contributed by atoms with Gasteiger partial charge in [-0.05, 0) is 12.1 Å². The van der Waals surface area contributed by atoms with Gasteiger partial charge in [0.15, 0.2) is 17.2 Å². The summed E-state index contributed by atoms with van der Waals surface area (Å²) in [6.45, 7) is 0.136. The first-order valence-corrected chi connectivity index (χ1v) is 5.25. The molecule has 0 spiro atoms. The van der Waals surface area contributed by atoms with Gasteiger partial charge in [-0.3, -0.25) is 9.59 Å². The Balaban J connectivity index is 1.99. The van der Waals surface area contributed by atoms with Crippen molar-refractivity contribution in [3.8, 4) is 17.2 Å². The van der Waals surface area contributed by atoms with Crippen LogP contribution in [-0.4, -0.2) is 13.9 Å². The van der Waals surface area contributed by atoms with Gasteiger partial charge in [0.2, 0.25) is 6.79 Å². The number of hydrogen-bond donors (Lipinski definition) is 1. The van der Waals surface area contributed by atoms with Gasteiger partial charge in [0.25, 0.3) is 10.9 Å². The van der Waals surface area contributed by atoms with E-state index in [1.165, 1.54) is 7.11 Å². The zero-order valence-corrected chi connectivity index (χ0v) is 9.48. The molecule has 6 heteroatoms. The standard InChI is InChI=1S/C12H9NO5/c1-16-12-8(9(14)10(12)15)13-6-3-2-4-7-11(6)18-5-17-7/h2-4,13H,5H2,1H3. The number of fused-ring (bicyclic) bond motifs is 1. The van der Waals surface area contributed by atoms with E-state index in [2.05, 4.69) is 5.32 Å². The first-order chi connectivity index (χ1) is 8.72. The lowest BCUT2D eigenvalue weighted by atomic mass is 10.2. The summed E-state index contributed by atoms with van der Waals surface area (Å²) < 4.78 is 15.3. The molecule has 0 aromatic heterocycles. The lowest BCUT2D eigenvalue weighted by Gasteiger charge is -2.13. The van der Waals surface area contributed by atoms with Crippen LogP contribution in [0.5, 0.6) is 17.2 Å². The second kappa shape index (κ2) is 3.76. The van der Waals surface area contributed by atoms with Gasteiger partial charge in [-0.15, -0.1) is 0 Å². The summed E-state index contributed by atoms with van der Waals surface area (Å²) in [6.07, 6.45) is 0. The van der Waals surface area contributed by atoms with Crippen LogP contribution in [0.3, 0.4) is 0 Å². The SMILES string of the molecule is COc1c(Nc2cccc3c2OCO3)c(=O)c1=O. The van der Waals surface area contributed by atoms with E-state index in [-0.39, 0.29) is 18.2 Å². The molecule has 6 nitrogen and oxygen atoms in total. The minimum Gasteiger partial charge on any atom is -0.491 e. The molecule has 0 saturated carbocycles. The highest BCUT2D eigenvalue weighted by Crippen LogP contribution is 2.40. The van der Waals surface area contributed by atoms with E-state index in [1.54, 1.807) is 18.2 Å². The lowest BCUT2D eigenvalue weighted by molar-refractivity contribution is 0.174. The molecule has 0 amide bonds. The molecule has 0 atom stereocenters. The molecule has 0 unspecified atom stereocenters. The predicted octanol–water partition coefficient (Wildman–Crippen LogP) is 0.763. The molecule has 2 aromatic carbocycles. The van der Waals surface area contributed by atoms with E-state index in [9.17, 15) is 9.59 Å². The molecule has 0 fully saturated rings. The Bertz CT molecular complexity index is 684. The molecule has 1 heterocycles. The first kappa shape index (κ1) is 10.6. The van der Waals surface area contributed by atoms with Crippen molar-refractivity contribution in [3.05, 3.63) is 38.6 Å². The van der Waals surface area contributed by atoms with Crippen LogP contribution >= 0.6 is 0 Å². The number of hydrogen-bond acceptors (Lipinski definition) is 6. The number of rotatable bonds is 3. The number of ether oxygens (including phenoxy) is 3. The summed E-state index contributed by atoms with van der Waals surface area (Å²) in [5.41, 5.74) is -0.505. The second-order valence-electron chi connectivity index (χ2n) is 3.73. The van der Waals surface area contributed by atoms with Crippen molar-refractivity contribution < 1.29 is 14.2 Å². The van der Waals surface area contributed by atoms with Gasteiger partial charge in [-0.2, -0.15) is 0 Å². The number of nitrogens with one attached hydrogen (secondary N) is 1. The zero-order valence-electron chi connectivity index (χ0n) is 9.48. The third kappa shape index (κ3) is 1.35. The highest BCUT2D eigenvalue weighted by Gasteiger charge is 2.24. The van der Waals surface area contributed by atoms with E-state index >= 15 is 0 Å². The second-order valence-corrected chi connectivity index (χ2v) is 3.73. The number of anilines is 2. The molecular formula is C12H9NO5. The van der Waals surface area contributed by atoms with Crippen LogP contribution in [0.1, 0.15) is 0 Å². The van der Waals surface area contributed by atoms with Crippen molar-refractivity contribution in [2.75, 3.05) is 19.2 Å². The van der Waals surface area contributed by atoms with E-state index in [0.29, 0.717) is 17.2 Å². The van der Waals surface area contributed by atoms with Crippen molar-refractivity contribution >= 4 is 11.4 Å². The highest BCUT2D eigenvalue weighted by molar-refractivity contribution is 5.75. The molecule has 0 aliphatic carbocycles. The van der Waals surface area contributed by atoms with E-state index < -0.39 is 10.9 Å². The molecule has 0 saturated heterocycles.